The van der Waals surface area contributed by atoms with Crippen LogP contribution in [0.5, 0.6) is 0 Å². The molecule has 0 aromatic heterocycles. The van der Waals surface area contributed by atoms with E-state index in [1.54, 1.807) is 0 Å². The summed E-state index contributed by atoms with van der Waals surface area (Å²) in [5, 5.41) is 0. The Hall–Kier alpha value is -1.10. The second-order valence-electron chi connectivity index (χ2n) is 14.1. The molecule has 0 rings (SSSR count). The first-order valence-corrected chi connectivity index (χ1v) is 20.1. The van der Waals surface area contributed by atoms with Crippen LogP contribution in [0.25, 0.3) is 0 Å². The van der Waals surface area contributed by atoms with E-state index >= 15 is 0 Å². The Balaban J connectivity index is 3.95. The van der Waals surface area contributed by atoms with Crippen molar-refractivity contribution >= 4 is 11.9 Å². The second kappa shape index (κ2) is 34.2. The largest absolute Gasteiger partial charge is 0.367 e. The van der Waals surface area contributed by atoms with Crippen LogP contribution < -0.4 is 5.73 Å². The summed E-state index contributed by atoms with van der Waals surface area (Å²) in [6, 6.07) is 0. The van der Waals surface area contributed by atoms with Crippen LogP contribution in [0.2, 0.25) is 0 Å². The third-order valence-corrected chi connectivity index (χ3v) is 9.64. The molecule has 0 saturated heterocycles. The molecule has 45 heavy (non-hydrogen) atoms. The molecule has 5 heteroatoms. The molecule has 268 valence electrons. The molecule has 0 fully saturated rings. The van der Waals surface area contributed by atoms with Gasteiger partial charge in [0.1, 0.15) is 0 Å². The number of nitrogens with two attached hydrogens (primary N) is 1. The van der Waals surface area contributed by atoms with E-state index in [4.69, 9.17) is 15.5 Å². The summed E-state index contributed by atoms with van der Waals surface area (Å²) in [6.45, 7) is 5.86. The van der Waals surface area contributed by atoms with Gasteiger partial charge in [-0.1, -0.05) is 206 Å². The van der Waals surface area contributed by atoms with Gasteiger partial charge in [-0.15, -0.1) is 0 Å². The molecule has 0 aromatic carbocycles. The summed E-state index contributed by atoms with van der Waals surface area (Å²) in [4.78, 5) is 34.3. The molecule has 0 bridgehead atoms. The fourth-order valence-corrected chi connectivity index (χ4v) is 6.55. The quantitative estimate of drug-likeness (QED) is 0.0417. The highest BCUT2D eigenvalue weighted by Gasteiger charge is 2.39. The zero-order chi connectivity index (χ0) is 33.1. The maximum Gasteiger partial charge on any atom is 0.339 e. The smallest absolute Gasteiger partial charge is 0.339 e. The van der Waals surface area contributed by atoms with E-state index in [2.05, 4.69) is 13.8 Å². The lowest BCUT2D eigenvalue weighted by atomic mass is 9.89. The first kappa shape index (κ1) is 43.9. The highest BCUT2D eigenvalue weighted by Crippen LogP contribution is 2.28. The zero-order valence-electron chi connectivity index (χ0n) is 30.8. The predicted octanol–water partition coefficient (Wildman–Crippen LogP) is 13.0. The van der Waals surface area contributed by atoms with Gasteiger partial charge in [-0.3, -0.25) is 9.68 Å². The van der Waals surface area contributed by atoms with Crippen molar-refractivity contribution in [3.8, 4) is 0 Å². The number of carbonyl (C=O) groups excluding carboxylic acids is 2. The summed E-state index contributed by atoms with van der Waals surface area (Å²) in [5.41, 5.74) is 4.64. The number of amides is 1. The summed E-state index contributed by atoms with van der Waals surface area (Å²) < 4.78 is 0. The van der Waals surface area contributed by atoms with Crippen molar-refractivity contribution in [1.29, 1.82) is 0 Å². The van der Waals surface area contributed by atoms with Gasteiger partial charge in [-0.2, -0.15) is 4.89 Å². The molecule has 0 saturated carbocycles. The topological polar surface area (TPSA) is 78.6 Å². The fourth-order valence-electron chi connectivity index (χ4n) is 6.55. The van der Waals surface area contributed by atoms with Gasteiger partial charge in [-0.25, -0.2) is 4.79 Å². The maximum absolute atomic E-state index is 12.5. The lowest BCUT2D eigenvalue weighted by molar-refractivity contribution is -0.324. The van der Waals surface area contributed by atoms with Crippen molar-refractivity contribution in [3.63, 3.8) is 0 Å². The molecule has 0 aliphatic rings. The Morgan fingerprint density at radius 3 is 0.844 bits per heavy atom. The Bertz CT molecular complexity index is 602. The summed E-state index contributed by atoms with van der Waals surface area (Å²) in [5.74, 6) is -1.05. The van der Waals surface area contributed by atoms with Crippen LogP contribution in [0.1, 0.15) is 239 Å². The lowest BCUT2D eigenvalue weighted by Gasteiger charge is -2.28. The third-order valence-electron chi connectivity index (χ3n) is 9.64. The van der Waals surface area contributed by atoms with E-state index in [9.17, 15) is 9.59 Å². The molecule has 5 nitrogen and oxygen atoms in total. The van der Waals surface area contributed by atoms with Gasteiger partial charge in [0, 0.05) is 6.92 Å². The molecular formula is C40H79NO4. The van der Waals surface area contributed by atoms with Crippen LogP contribution in [0.4, 0.5) is 0 Å². The monoisotopic (exact) mass is 638 g/mol. The van der Waals surface area contributed by atoms with Gasteiger partial charge in [0.15, 0.2) is 5.60 Å². The Morgan fingerprint density at radius 2 is 0.644 bits per heavy atom. The minimum atomic E-state index is -1.20. The van der Waals surface area contributed by atoms with Crippen molar-refractivity contribution in [1.82, 2.24) is 0 Å². The minimum Gasteiger partial charge on any atom is -0.367 e. The van der Waals surface area contributed by atoms with Crippen molar-refractivity contribution < 1.29 is 19.4 Å². The average molecular weight is 638 g/mol. The Morgan fingerprint density at radius 1 is 0.422 bits per heavy atom. The fraction of sp³-hybridized carbons (Fsp3) is 0.950. The van der Waals surface area contributed by atoms with Crippen molar-refractivity contribution in [2.24, 2.45) is 5.73 Å². The number of primary amides is 1. The standard InChI is InChI=1S/C40H79NO4/c1-4-6-8-10-12-14-16-18-20-22-24-26-28-30-32-34-36-40(39(41)43,45-44-38(3)42)37-35-33-31-29-27-25-23-21-19-17-15-13-11-9-7-5-2/h4-37H2,1-3H3,(H2,41,43). The molecule has 0 aromatic rings. The number of hydrogen-bond acceptors (Lipinski definition) is 4. The van der Waals surface area contributed by atoms with Crippen molar-refractivity contribution in [3.05, 3.63) is 0 Å². The van der Waals surface area contributed by atoms with E-state index in [1.807, 2.05) is 0 Å². The molecule has 0 heterocycles. The van der Waals surface area contributed by atoms with Gasteiger partial charge in [-0.05, 0) is 25.7 Å². The van der Waals surface area contributed by atoms with Crippen LogP contribution in [-0.4, -0.2) is 17.5 Å². The van der Waals surface area contributed by atoms with Crippen LogP contribution in [0.15, 0.2) is 0 Å². The van der Waals surface area contributed by atoms with E-state index in [0.717, 1.165) is 25.7 Å². The molecule has 0 unspecified atom stereocenters. The molecular weight excluding hydrogens is 558 g/mol. The van der Waals surface area contributed by atoms with Crippen LogP contribution >= 0.6 is 0 Å². The number of hydrogen-bond donors (Lipinski definition) is 1. The van der Waals surface area contributed by atoms with Crippen molar-refractivity contribution in [2.45, 2.75) is 245 Å². The molecule has 0 atom stereocenters. The van der Waals surface area contributed by atoms with E-state index < -0.39 is 17.5 Å². The predicted molar refractivity (Wildman–Crippen MR) is 193 cm³/mol. The summed E-state index contributed by atoms with van der Waals surface area (Å²) >= 11 is 0. The van der Waals surface area contributed by atoms with Gasteiger partial charge in [0.2, 0.25) is 0 Å². The van der Waals surface area contributed by atoms with Crippen LogP contribution in [-0.2, 0) is 19.4 Å². The second-order valence-corrected chi connectivity index (χ2v) is 14.1. The Kier molecular flexibility index (Phi) is 33.4. The van der Waals surface area contributed by atoms with E-state index in [0.29, 0.717) is 12.8 Å². The van der Waals surface area contributed by atoms with Crippen LogP contribution in [0, 0.1) is 0 Å². The SMILES string of the molecule is CCCCCCCCCCCCCCCCCCC(CCCCCCCCCCCCCCCCCC)(OOC(C)=O)C(N)=O. The van der Waals surface area contributed by atoms with Crippen molar-refractivity contribution in [2.75, 3.05) is 0 Å². The first-order valence-electron chi connectivity index (χ1n) is 20.1. The molecule has 0 aliphatic heterocycles. The number of rotatable bonds is 37. The minimum absolute atomic E-state index is 0.509. The normalized spacial score (nSPS) is 11.7. The lowest BCUT2D eigenvalue weighted by Crippen LogP contribution is -2.46. The van der Waals surface area contributed by atoms with Gasteiger partial charge >= 0.3 is 5.97 Å². The van der Waals surface area contributed by atoms with Gasteiger partial charge < -0.3 is 5.73 Å². The van der Waals surface area contributed by atoms with Crippen LogP contribution in [0.3, 0.4) is 0 Å². The van der Waals surface area contributed by atoms with E-state index in [1.165, 1.54) is 187 Å². The molecule has 2 N–H and O–H groups in total. The highest BCUT2D eigenvalue weighted by molar-refractivity contribution is 5.83. The summed E-state index contributed by atoms with van der Waals surface area (Å²) in [7, 11) is 0. The van der Waals surface area contributed by atoms with E-state index in [-0.39, 0.29) is 0 Å². The average Bonchev–Trinajstić information content (AvgIpc) is 3.02. The van der Waals surface area contributed by atoms with Gasteiger partial charge in [0.25, 0.3) is 5.91 Å². The maximum atomic E-state index is 12.5. The third kappa shape index (κ3) is 30.0. The Labute approximate surface area is 281 Å². The number of carbonyl (C=O) groups is 2. The summed E-state index contributed by atoms with van der Waals surface area (Å²) in [6.07, 6.45) is 42.8. The molecule has 1 amide bonds. The number of unbranched alkanes of at least 4 members (excludes halogenated alkanes) is 30. The zero-order valence-corrected chi connectivity index (χ0v) is 30.8. The van der Waals surface area contributed by atoms with Gasteiger partial charge in [0.05, 0.1) is 0 Å². The highest BCUT2D eigenvalue weighted by atomic mass is 17.2. The molecule has 0 spiro atoms. The molecule has 0 radical (unpaired) electrons. The first-order chi connectivity index (χ1) is 22.0. The molecule has 0 aliphatic carbocycles.